The van der Waals surface area contributed by atoms with Gasteiger partial charge in [-0.1, -0.05) is 12.1 Å². The third kappa shape index (κ3) is 5.44. The fraction of sp³-hybridized carbons (Fsp3) is 0.500. The molecule has 1 rings (SSSR count). The Balaban J connectivity index is 2.40. The highest BCUT2D eigenvalue weighted by Gasteiger charge is 2.27. The second kappa shape index (κ2) is 9.15. The van der Waals surface area contributed by atoms with Gasteiger partial charge in [0.25, 0.3) is 0 Å². The average molecular weight is 311 g/mol. The first-order valence-electron chi connectivity index (χ1n) is 7.14. The van der Waals surface area contributed by atoms with Gasteiger partial charge < -0.3 is 14.8 Å². The molecule has 1 N–H and O–H groups in total. The first-order chi connectivity index (χ1) is 10.5. The highest BCUT2D eigenvalue weighted by molar-refractivity contribution is 5.94. The summed E-state index contributed by atoms with van der Waals surface area (Å²) in [6.07, 6.45) is 0.961. The second-order valence-corrected chi connectivity index (χ2v) is 4.97. The lowest BCUT2D eigenvalue weighted by Gasteiger charge is -2.16. The molecule has 0 bridgehead atoms. The van der Waals surface area contributed by atoms with Crippen LogP contribution in [-0.4, -0.2) is 32.7 Å². The van der Waals surface area contributed by atoms with Crippen molar-refractivity contribution < 1.29 is 23.5 Å². The molecule has 0 saturated carbocycles. The molecular weight excluding hydrogens is 289 g/mol. The Kier molecular flexibility index (Phi) is 7.52. The summed E-state index contributed by atoms with van der Waals surface area (Å²) in [5, 5.41) is 3.26. The molecule has 0 radical (unpaired) electrons. The van der Waals surface area contributed by atoms with E-state index in [0.717, 1.165) is 5.56 Å². The first kappa shape index (κ1) is 18.1. The third-order valence-corrected chi connectivity index (χ3v) is 3.46. The van der Waals surface area contributed by atoms with Gasteiger partial charge in [0.05, 0.1) is 14.2 Å². The first-order valence-corrected chi connectivity index (χ1v) is 7.14. The maximum atomic E-state index is 12.9. The van der Waals surface area contributed by atoms with Crippen molar-refractivity contribution in [3.8, 4) is 0 Å². The number of methoxy groups -OCH3 is 2. The van der Waals surface area contributed by atoms with Crippen LogP contribution in [0.2, 0.25) is 0 Å². The zero-order valence-corrected chi connectivity index (χ0v) is 13.1. The van der Waals surface area contributed by atoms with Gasteiger partial charge in [0, 0.05) is 6.04 Å². The summed E-state index contributed by atoms with van der Waals surface area (Å²) in [5.41, 5.74) is 0.971. The zero-order valence-electron chi connectivity index (χ0n) is 13.1. The molecule has 1 atom stereocenters. The summed E-state index contributed by atoms with van der Waals surface area (Å²) >= 11 is 0. The fourth-order valence-electron chi connectivity index (χ4n) is 2.11. The van der Waals surface area contributed by atoms with Crippen molar-refractivity contribution in [3.63, 3.8) is 0 Å². The van der Waals surface area contributed by atoms with Crippen LogP contribution in [0, 0.1) is 11.7 Å². The van der Waals surface area contributed by atoms with Gasteiger partial charge in [-0.2, -0.15) is 0 Å². The van der Waals surface area contributed by atoms with Gasteiger partial charge in [-0.25, -0.2) is 4.39 Å². The van der Waals surface area contributed by atoms with Crippen molar-refractivity contribution in [3.05, 3.63) is 35.6 Å². The minimum Gasteiger partial charge on any atom is -0.468 e. The van der Waals surface area contributed by atoms with Crippen LogP contribution in [0.1, 0.15) is 31.4 Å². The molecule has 5 nitrogen and oxygen atoms in total. The van der Waals surface area contributed by atoms with Crippen molar-refractivity contribution >= 4 is 11.9 Å². The van der Waals surface area contributed by atoms with E-state index in [2.05, 4.69) is 14.8 Å². The maximum absolute atomic E-state index is 12.9. The van der Waals surface area contributed by atoms with E-state index >= 15 is 0 Å². The second-order valence-electron chi connectivity index (χ2n) is 4.97. The van der Waals surface area contributed by atoms with E-state index in [9.17, 15) is 14.0 Å². The number of benzene rings is 1. The normalized spacial score (nSPS) is 12.0. The molecule has 0 amide bonds. The maximum Gasteiger partial charge on any atom is 0.320 e. The van der Waals surface area contributed by atoms with Crippen molar-refractivity contribution in [2.45, 2.75) is 25.8 Å². The minimum atomic E-state index is -0.891. The number of esters is 2. The molecule has 0 heterocycles. The van der Waals surface area contributed by atoms with Gasteiger partial charge in [-0.05, 0) is 44.0 Å². The number of hydrogen-bond acceptors (Lipinski definition) is 5. The van der Waals surface area contributed by atoms with Crippen LogP contribution < -0.4 is 5.32 Å². The van der Waals surface area contributed by atoms with E-state index in [1.54, 1.807) is 12.1 Å². The van der Waals surface area contributed by atoms with Crippen LogP contribution in [0.3, 0.4) is 0 Å². The molecule has 6 heteroatoms. The average Bonchev–Trinajstić information content (AvgIpc) is 2.54. The van der Waals surface area contributed by atoms with Crippen LogP contribution in [0.25, 0.3) is 0 Å². The van der Waals surface area contributed by atoms with Crippen LogP contribution in [0.15, 0.2) is 24.3 Å². The minimum absolute atomic E-state index is 0.0512. The van der Waals surface area contributed by atoms with Crippen LogP contribution in [0.5, 0.6) is 0 Å². The van der Waals surface area contributed by atoms with E-state index in [1.807, 2.05) is 6.92 Å². The predicted molar refractivity (Wildman–Crippen MR) is 79.6 cm³/mol. The Bertz CT molecular complexity index is 473. The quantitative estimate of drug-likeness (QED) is 0.453. The lowest BCUT2D eigenvalue weighted by Crippen LogP contribution is -2.28. The molecule has 0 aliphatic carbocycles. The lowest BCUT2D eigenvalue weighted by atomic mass is 10.0. The largest absolute Gasteiger partial charge is 0.468 e. The summed E-state index contributed by atoms with van der Waals surface area (Å²) in [5.74, 6) is -2.33. The van der Waals surface area contributed by atoms with Gasteiger partial charge in [-0.15, -0.1) is 0 Å². The zero-order chi connectivity index (χ0) is 16.5. The van der Waals surface area contributed by atoms with Crippen molar-refractivity contribution in [2.75, 3.05) is 20.8 Å². The standard InChI is InChI=1S/C16H22FNO4/c1-11(12-6-8-13(17)9-7-12)18-10-4-5-14(15(19)21-2)16(20)22-3/h6-9,11,14,18H,4-5,10H2,1-3H3. The van der Waals surface area contributed by atoms with Gasteiger partial charge >= 0.3 is 11.9 Å². The van der Waals surface area contributed by atoms with E-state index < -0.39 is 17.9 Å². The molecule has 22 heavy (non-hydrogen) atoms. The molecule has 1 aromatic carbocycles. The van der Waals surface area contributed by atoms with E-state index in [0.29, 0.717) is 19.4 Å². The molecule has 1 unspecified atom stereocenters. The monoisotopic (exact) mass is 311 g/mol. The highest BCUT2D eigenvalue weighted by atomic mass is 19.1. The van der Waals surface area contributed by atoms with E-state index in [1.165, 1.54) is 26.4 Å². The summed E-state index contributed by atoms with van der Waals surface area (Å²) in [6, 6.07) is 6.32. The van der Waals surface area contributed by atoms with Gasteiger partial charge in [0.15, 0.2) is 5.92 Å². The molecule has 0 spiro atoms. The molecule has 0 aliphatic rings. The van der Waals surface area contributed by atoms with Crippen LogP contribution in [0.4, 0.5) is 4.39 Å². The number of rotatable bonds is 8. The molecule has 122 valence electrons. The molecule has 0 fully saturated rings. The number of nitrogens with one attached hydrogen (secondary N) is 1. The molecule has 1 aromatic rings. The summed E-state index contributed by atoms with van der Waals surface area (Å²) in [4.78, 5) is 23.0. The Hall–Kier alpha value is -1.95. The van der Waals surface area contributed by atoms with Crippen LogP contribution in [-0.2, 0) is 19.1 Å². The molecule has 0 aromatic heterocycles. The third-order valence-electron chi connectivity index (χ3n) is 3.46. The predicted octanol–water partition coefficient (Wildman–Crippen LogP) is 2.22. The summed E-state index contributed by atoms with van der Waals surface area (Å²) < 4.78 is 22.1. The fourth-order valence-corrected chi connectivity index (χ4v) is 2.11. The lowest BCUT2D eigenvalue weighted by molar-refractivity contribution is -0.159. The highest BCUT2D eigenvalue weighted by Crippen LogP contribution is 2.14. The molecular formula is C16H22FNO4. The Labute approximate surface area is 129 Å². The van der Waals surface area contributed by atoms with Crippen molar-refractivity contribution in [1.82, 2.24) is 5.32 Å². The topological polar surface area (TPSA) is 64.6 Å². The van der Waals surface area contributed by atoms with Crippen molar-refractivity contribution in [2.24, 2.45) is 5.92 Å². The molecule has 0 saturated heterocycles. The van der Waals surface area contributed by atoms with Gasteiger partial charge in [0.2, 0.25) is 0 Å². The van der Waals surface area contributed by atoms with Crippen LogP contribution >= 0.6 is 0 Å². The number of hydrogen-bond donors (Lipinski definition) is 1. The van der Waals surface area contributed by atoms with Gasteiger partial charge in [0.1, 0.15) is 5.82 Å². The number of halogens is 1. The number of ether oxygens (including phenoxy) is 2. The number of carbonyl (C=O) groups is 2. The SMILES string of the molecule is COC(=O)C(CCCNC(C)c1ccc(F)cc1)C(=O)OC. The summed E-state index contributed by atoms with van der Waals surface area (Å²) in [7, 11) is 2.49. The van der Waals surface area contributed by atoms with Crippen molar-refractivity contribution in [1.29, 1.82) is 0 Å². The Morgan fingerprint density at radius 2 is 1.68 bits per heavy atom. The van der Waals surface area contributed by atoms with Gasteiger partial charge in [-0.3, -0.25) is 9.59 Å². The Morgan fingerprint density at radius 1 is 1.14 bits per heavy atom. The number of carbonyl (C=O) groups excluding carboxylic acids is 2. The molecule has 0 aliphatic heterocycles. The van der Waals surface area contributed by atoms with E-state index in [4.69, 9.17) is 0 Å². The van der Waals surface area contributed by atoms with E-state index in [-0.39, 0.29) is 11.9 Å². The Morgan fingerprint density at radius 3 is 2.18 bits per heavy atom. The summed E-state index contributed by atoms with van der Waals surface area (Å²) in [6.45, 7) is 2.58. The smallest absolute Gasteiger partial charge is 0.320 e.